The smallest absolute Gasteiger partial charge is 0.254 e. The van der Waals surface area contributed by atoms with Gasteiger partial charge in [-0.2, -0.15) is 4.57 Å². The number of nitrogens with zero attached hydrogens (tertiary/aromatic N) is 1. The maximum atomic E-state index is 5.34. The minimum absolute atomic E-state index is 0.925. The van der Waals surface area contributed by atoms with E-state index in [4.69, 9.17) is 4.74 Å². The zero-order chi connectivity index (χ0) is 10.1. The van der Waals surface area contributed by atoms with E-state index < -0.39 is 0 Å². The maximum absolute atomic E-state index is 5.34. The largest absolute Gasteiger partial charge is 0.490 e. The Bertz CT molecular complexity index is 477. The van der Waals surface area contributed by atoms with Gasteiger partial charge in [0.05, 0.1) is 12.5 Å². The molecule has 0 saturated carbocycles. The molecule has 1 heterocycles. The molecule has 0 amide bonds. The van der Waals surface area contributed by atoms with Crippen molar-refractivity contribution < 1.29 is 9.30 Å². The molecule has 0 N–H and O–H groups in total. The average Bonchev–Trinajstić information content (AvgIpc) is 2.23. The van der Waals surface area contributed by atoms with Crippen molar-refractivity contribution in [3.05, 3.63) is 36.0 Å². The molecule has 0 aliphatic carbocycles. The molecule has 2 rings (SSSR count). The van der Waals surface area contributed by atoms with E-state index in [0.29, 0.717) is 0 Å². The van der Waals surface area contributed by atoms with E-state index >= 15 is 0 Å². The van der Waals surface area contributed by atoms with Gasteiger partial charge in [0.1, 0.15) is 7.05 Å². The molecule has 0 fully saturated rings. The van der Waals surface area contributed by atoms with Gasteiger partial charge in [0.25, 0.3) is 5.52 Å². The molecule has 2 aromatic rings. The van der Waals surface area contributed by atoms with Crippen molar-refractivity contribution in [2.75, 3.05) is 7.11 Å². The molecular weight excluding hydrogens is 174 g/mol. The molecule has 1 aromatic heterocycles. The van der Waals surface area contributed by atoms with Gasteiger partial charge in [0.15, 0.2) is 11.4 Å². The van der Waals surface area contributed by atoms with Crippen molar-refractivity contribution in [1.29, 1.82) is 0 Å². The lowest BCUT2D eigenvalue weighted by Crippen LogP contribution is -2.32. The van der Waals surface area contributed by atoms with Crippen molar-refractivity contribution in [2.45, 2.75) is 6.92 Å². The number of benzene rings is 1. The van der Waals surface area contributed by atoms with E-state index in [0.717, 1.165) is 11.3 Å². The summed E-state index contributed by atoms with van der Waals surface area (Å²) in [6.45, 7) is 2.09. The number of hydrogen-bond acceptors (Lipinski definition) is 1. The van der Waals surface area contributed by atoms with Crippen LogP contribution in [0.3, 0.4) is 0 Å². The van der Waals surface area contributed by atoms with Gasteiger partial charge in [-0.05, 0) is 18.2 Å². The summed E-state index contributed by atoms with van der Waals surface area (Å²) in [7, 11) is 3.76. The van der Waals surface area contributed by atoms with Crippen LogP contribution in [0.5, 0.6) is 5.75 Å². The molecule has 0 radical (unpaired) electrons. The number of pyridine rings is 1. The highest BCUT2D eigenvalue weighted by Gasteiger charge is 2.12. The van der Waals surface area contributed by atoms with E-state index in [2.05, 4.69) is 36.7 Å². The third kappa shape index (κ3) is 1.23. The highest BCUT2D eigenvalue weighted by atomic mass is 16.5. The molecule has 0 bridgehead atoms. The van der Waals surface area contributed by atoms with Gasteiger partial charge >= 0.3 is 0 Å². The van der Waals surface area contributed by atoms with Crippen LogP contribution in [-0.2, 0) is 7.05 Å². The van der Waals surface area contributed by atoms with E-state index in [1.807, 2.05) is 12.1 Å². The Balaban J connectivity index is 2.89. The van der Waals surface area contributed by atoms with Crippen LogP contribution in [0.2, 0.25) is 0 Å². The number of ether oxygens (including phenoxy) is 1. The second-order valence-corrected chi connectivity index (χ2v) is 3.43. The molecule has 14 heavy (non-hydrogen) atoms. The lowest BCUT2D eigenvalue weighted by Gasteiger charge is -2.04. The Hall–Kier alpha value is -1.57. The molecule has 2 nitrogen and oxygen atoms in total. The highest BCUT2D eigenvalue weighted by Crippen LogP contribution is 2.21. The maximum Gasteiger partial charge on any atom is 0.254 e. The van der Waals surface area contributed by atoms with Crippen molar-refractivity contribution in [3.63, 3.8) is 0 Å². The zero-order valence-corrected chi connectivity index (χ0v) is 8.74. The Labute approximate surface area is 83.8 Å². The highest BCUT2D eigenvalue weighted by molar-refractivity contribution is 5.81. The molecule has 0 unspecified atom stereocenters. The van der Waals surface area contributed by atoms with Crippen molar-refractivity contribution >= 4 is 10.9 Å². The summed E-state index contributed by atoms with van der Waals surface area (Å²) in [6, 6.07) is 10.3. The van der Waals surface area contributed by atoms with Gasteiger partial charge in [-0.15, -0.1) is 0 Å². The third-order valence-electron chi connectivity index (χ3n) is 2.62. The van der Waals surface area contributed by atoms with Crippen LogP contribution in [0, 0.1) is 6.92 Å². The minimum Gasteiger partial charge on any atom is -0.490 e. The average molecular weight is 188 g/mol. The molecule has 0 aliphatic heterocycles. The van der Waals surface area contributed by atoms with E-state index in [9.17, 15) is 0 Å². The summed E-state index contributed by atoms with van der Waals surface area (Å²) in [4.78, 5) is 0. The lowest BCUT2D eigenvalue weighted by atomic mass is 10.2. The fourth-order valence-corrected chi connectivity index (χ4v) is 1.70. The van der Waals surface area contributed by atoms with E-state index in [-0.39, 0.29) is 0 Å². The number of aromatic nitrogens is 1. The van der Waals surface area contributed by atoms with Gasteiger partial charge in [-0.1, -0.05) is 6.07 Å². The lowest BCUT2D eigenvalue weighted by molar-refractivity contribution is -0.651. The van der Waals surface area contributed by atoms with Crippen LogP contribution in [0.15, 0.2) is 30.3 Å². The fourth-order valence-electron chi connectivity index (χ4n) is 1.70. The number of fused-ring (bicyclic) bond motifs is 1. The summed E-state index contributed by atoms with van der Waals surface area (Å²) in [5.41, 5.74) is 2.37. The molecule has 1 aromatic carbocycles. The van der Waals surface area contributed by atoms with E-state index in [1.165, 1.54) is 11.1 Å². The summed E-state index contributed by atoms with van der Waals surface area (Å²) in [5.74, 6) is 0.925. The third-order valence-corrected chi connectivity index (χ3v) is 2.62. The first-order valence-electron chi connectivity index (χ1n) is 4.66. The topological polar surface area (TPSA) is 13.1 Å². The number of methoxy groups -OCH3 is 1. The predicted molar refractivity (Wildman–Crippen MR) is 56.4 cm³/mol. The zero-order valence-electron chi connectivity index (χ0n) is 8.74. The summed E-state index contributed by atoms with van der Waals surface area (Å²) in [5, 5.41) is 1.21. The Morgan fingerprint density at radius 2 is 1.93 bits per heavy atom. The minimum atomic E-state index is 0.925. The number of para-hydroxylation sites is 1. The van der Waals surface area contributed by atoms with Gasteiger partial charge in [-0.25, -0.2) is 0 Å². The normalized spacial score (nSPS) is 10.5. The Morgan fingerprint density at radius 1 is 1.14 bits per heavy atom. The standard InChI is InChI=1S/C12H14NO/c1-9-7-8-10-5-4-6-11(14-3)12(10)13(9)2/h4-8H,1-3H3/q+1. The first-order valence-corrected chi connectivity index (χ1v) is 4.66. The van der Waals surface area contributed by atoms with Crippen LogP contribution in [-0.4, -0.2) is 7.11 Å². The monoisotopic (exact) mass is 188 g/mol. The quantitative estimate of drug-likeness (QED) is 0.624. The Morgan fingerprint density at radius 3 is 2.64 bits per heavy atom. The first-order chi connectivity index (χ1) is 6.74. The van der Waals surface area contributed by atoms with Gasteiger partial charge < -0.3 is 4.74 Å². The summed E-state index contributed by atoms with van der Waals surface area (Å²) >= 11 is 0. The fraction of sp³-hybridized carbons (Fsp3) is 0.250. The van der Waals surface area contributed by atoms with Gasteiger partial charge in [0, 0.05) is 13.0 Å². The van der Waals surface area contributed by atoms with Crippen molar-refractivity contribution in [3.8, 4) is 5.75 Å². The molecule has 2 heteroatoms. The SMILES string of the molecule is COc1cccc2ccc(C)[n+](C)c12. The van der Waals surface area contributed by atoms with Crippen LogP contribution in [0.1, 0.15) is 5.69 Å². The van der Waals surface area contributed by atoms with E-state index in [1.54, 1.807) is 7.11 Å². The second-order valence-electron chi connectivity index (χ2n) is 3.43. The molecule has 0 aliphatic rings. The summed E-state index contributed by atoms with van der Waals surface area (Å²) < 4.78 is 7.49. The van der Waals surface area contributed by atoms with Crippen LogP contribution >= 0.6 is 0 Å². The van der Waals surface area contributed by atoms with Gasteiger partial charge in [0.2, 0.25) is 0 Å². The van der Waals surface area contributed by atoms with Crippen molar-refractivity contribution in [2.24, 2.45) is 7.05 Å². The Kier molecular flexibility index (Phi) is 2.12. The van der Waals surface area contributed by atoms with Gasteiger partial charge in [-0.3, -0.25) is 0 Å². The first kappa shape index (κ1) is 9.00. The van der Waals surface area contributed by atoms with Crippen LogP contribution in [0.4, 0.5) is 0 Å². The molecule has 0 saturated heterocycles. The van der Waals surface area contributed by atoms with Crippen LogP contribution < -0.4 is 9.30 Å². The predicted octanol–water partition coefficient (Wildman–Crippen LogP) is 1.98. The molecule has 0 atom stereocenters. The van der Waals surface area contributed by atoms with Crippen molar-refractivity contribution in [1.82, 2.24) is 0 Å². The summed E-state index contributed by atoms with van der Waals surface area (Å²) in [6.07, 6.45) is 0. The molecular formula is C12H14NO+. The molecule has 0 spiro atoms. The number of hydrogen-bond donors (Lipinski definition) is 0. The number of rotatable bonds is 1. The second kappa shape index (κ2) is 3.29. The molecule has 72 valence electrons. The number of aryl methyl sites for hydroxylation is 2. The van der Waals surface area contributed by atoms with Crippen LogP contribution in [0.25, 0.3) is 10.9 Å².